The van der Waals surface area contributed by atoms with Gasteiger partial charge in [-0.05, 0) is 29.8 Å². The van der Waals surface area contributed by atoms with Crippen molar-refractivity contribution in [1.29, 1.82) is 0 Å². The minimum absolute atomic E-state index is 0.217. The largest absolute Gasteiger partial charge is 0.416 e. The molecule has 0 heterocycles. The van der Waals surface area contributed by atoms with Crippen molar-refractivity contribution in [1.82, 2.24) is 5.43 Å². The third-order valence-corrected chi connectivity index (χ3v) is 3.03. The van der Waals surface area contributed by atoms with Crippen LogP contribution in [0.1, 0.15) is 22.7 Å². The smallest absolute Gasteiger partial charge is 0.271 e. The normalized spacial score (nSPS) is 13.2. The molecule has 2 nitrogen and oxygen atoms in total. The van der Waals surface area contributed by atoms with Crippen molar-refractivity contribution in [2.75, 3.05) is 0 Å². The van der Waals surface area contributed by atoms with Gasteiger partial charge >= 0.3 is 6.18 Å². The molecule has 2 aromatic carbocycles. The van der Waals surface area contributed by atoms with Crippen molar-refractivity contribution in [3.63, 3.8) is 0 Å². The van der Waals surface area contributed by atoms with E-state index in [1.54, 1.807) is 0 Å². The number of nitrogens with one attached hydrogen (secondary N) is 1. The molecule has 0 bridgehead atoms. The molecule has 7 heteroatoms. The van der Waals surface area contributed by atoms with E-state index in [1.807, 2.05) is 0 Å². The fourth-order valence-electron chi connectivity index (χ4n) is 2.00. The average molecular weight is 302 g/mol. The molecule has 0 spiro atoms. The van der Waals surface area contributed by atoms with Crippen LogP contribution in [-0.4, -0.2) is 0 Å². The van der Waals surface area contributed by atoms with Crippen molar-refractivity contribution in [3.05, 3.63) is 70.8 Å². The lowest BCUT2D eigenvalue weighted by molar-refractivity contribution is -0.137. The molecule has 0 saturated heterocycles. The topological polar surface area (TPSA) is 38.0 Å². The molecule has 0 aromatic heterocycles. The summed E-state index contributed by atoms with van der Waals surface area (Å²) in [6.07, 6.45) is -4.48. The van der Waals surface area contributed by atoms with Gasteiger partial charge in [-0.25, -0.2) is 14.2 Å². The van der Waals surface area contributed by atoms with Crippen molar-refractivity contribution < 1.29 is 22.0 Å². The van der Waals surface area contributed by atoms with Crippen LogP contribution in [0, 0.1) is 11.6 Å². The van der Waals surface area contributed by atoms with Gasteiger partial charge in [-0.2, -0.15) is 13.2 Å². The average Bonchev–Trinajstić information content (AvgIpc) is 2.42. The molecular weight excluding hydrogens is 291 g/mol. The fourth-order valence-corrected chi connectivity index (χ4v) is 2.00. The van der Waals surface area contributed by atoms with Crippen LogP contribution in [0.25, 0.3) is 0 Å². The molecule has 3 N–H and O–H groups in total. The van der Waals surface area contributed by atoms with E-state index in [-0.39, 0.29) is 11.1 Å². The number of nitrogens with two attached hydrogens (primary N) is 1. The zero-order chi connectivity index (χ0) is 15.6. The van der Waals surface area contributed by atoms with Crippen molar-refractivity contribution in [3.8, 4) is 0 Å². The van der Waals surface area contributed by atoms with Gasteiger partial charge in [0, 0.05) is 5.56 Å². The maximum atomic E-state index is 13.7. The SMILES string of the molecule is NNC(c1ccc(C(F)(F)F)cc1)c1c(F)cccc1F. The number of hydrazine groups is 1. The Labute approximate surface area is 117 Å². The second kappa shape index (κ2) is 5.79. The molecule has 0 aliphatic heterocycles. The lowest BCUT2D eigenvalue weighted by atomic mass is 9.97. The number of hydrogen-bond acceptors (Lipinski definition) is 2. The lowest BCUT2D eigenvalue weighted by Gasteiger charge is -2.19. The number of benzene rings is 2. The highest BCUT2D eigenvalue weighted by Crippen LogP contribution is 2.31. The van der Waals surface area contributed by atoms with Gasteiger partial charge in [0.15, 0.2) is 0 Å². The summed E-state index contributed by atoms with van der Waals surface area (Å²) in [6, 6.07) is 6.11. The summed E-state index contributed by atoms with van der Waals surface area (Å²) >= 11 is 0. The molecule has 0 aliphatic carbocycles. The molecule has 21 heavy (non-hydrogen) atoms. The Bertz CT molecular complexity index is 602. The van der Waals surface area contributed by atoms with E-state index in [1.165, 1.54) is 6.07 Å². The van der Waals surface area contributed by atoms with Crippen LogP contribution in [0.4, 0.5) is 22.0 Å². The van der Waals surface area contributed by atoms with E-state index in [2.05, 4.69) is 5.43 Å². The Balaban J connectivity index is 2.43. The lowest BCUT2D eigenvalue weighted by Crippen LogP contribution is -2.30. The van der Waals surface area contributed by atoms with Gasteiger partial charge in [0.2, 0.25) is 0 Å². The van der Waals surface area contributed by atoms with Crippen LogP contribution in [0.15, 0.2) is 42.5 Å². The van der Waals surface area contributed by atoms with Crippen LogP contribution in [-0.2, 0) is 6.18 Å². The molecule has 0 saturated carbocycles. The first-order valence-corrected chi connectivity index (χ1v) is 5.91. The predicted octanol–water partition coefficient (Wildman–Crippen LogP) is 3.54. The third kappa shape index (κ3) is 3.20. The summed E-state index contributed by atoms with van der Waals surface area (Å²) in [5.74, 6) is 3.62. The molecule has 112 valence electrons. The Hall–Kier alpha value is -1.99. The van der Waals surface area contributed by atoms with Crippen LogP contribution in [0.2, 0.25) is 0 Å². The summed E-state index contributed by atoms with van der Waals surface area (Å²) < 4.78 is 64.9. The summed E-state index contributed by atoms with van der Waals surface area (Å²) in [4.78, 5) is 0. The van der Waals surface area contributed by atoms with E-state index >= 15 is 0 Å². The van der Waals surface area contributed by atoms with E-state index in [9.17, 15) is 22.0 Å². The van der Waals surface area contributed by atoms with Gasteiger partial charge in [0.25, 0.3) is 0 Å². The molecule has 2 rings (SSSR count). The Morgan fingerprint density at radius 1 is 0.905 bits per heavy atom. The fraction of sp³-hybridized carbons (Fsp3) is 0.143. The van der Waals surface area contributed by atoms with Gasteiger partial charge in [0.1, 0.15) is 11.6 Å². The highest BCUT2D eigenvalue weighted by Gasteiger charge is 2.30. The molecule has 0 fully saturated rings. The van der Waals surface area contributed by atoms with E-state index in [0.29, 0.717) is 0 Å². The van der Waals surface area contributed by atoms with Gasteiger partial charge in [-0.3, -0.25) is 5.84 Å². The third-order valence-electron chi connectivity index (χ3n) is 3.03. The molecule has 0 radical (unpaired) electrons. The summed E-state index contributed by atoms with van der Waals surface area (Å²) in [5.41, 5.74) is 1.23. The molecule has 1 unspecified atom stereocenters. The van der Waals surface area contributed by atoms with Gasteiger partial charge in [-0.1, -0.05) is 18.2 Å². The standard InChI is InChI=1S/C14H11F5N2/c15-10-2-1-3-11(16)12(10)13(21-20)8-4-6-9(7-5-8)14(17,18)19/h1-7,13,21H,20H2. The Morgan fingerprint density at radius 3 is 1.86 bits per heavy atom. The Kier molecular flexibility index (Phi) is 4.24. The quantitative estimate of drug-likeness (QED) is 0.517. The molecule has 2 aromatic rings. The second-order valence-electron chi connectivity index (χ2n) is 4.35. The number of alkyl halides is 3. The first-order valence-electron chi connectivity index (χ1n) is 5.91. The van der Waals surface area contributed by atoms with Gasteiger partial charge < -0.3 is 0 Å². The maximum absolute atomic E-state index is 13.7. The van der Waals surface area contributed by atoms with Crippen molar-refractivity contribution in [2.24, 2.45) is 5.84 Å². The van der Waals surface area contributed by atoms with Gasteiger partial charge in [-0.15, -0.1) is 0 Å². The molecule has 0 aliphatic rings. The molecule has 0 amide bonds. The summed E-state index contributed by atoms with van der Waals surface area (Å²) in [7, 11) is 0. The van der Waals surface area contributed by atoms with E-state index < -0.39 is 29.4 Å². The summed E-state index contributed by atoms with van der Waals surface area (Å²) in [6.45, 7) is 0. The van der Waals surface area contributed by atoms with Crippen molar-refractivity contribution >= 4 is 0 Å². The zero-order valence-corrected chi connectivity index (χ0v) is 10.6. The van der Waals surface area contributed by atoms with Crippen molar-refractivity contribution in [2.45, 2.75) is 12.2 Å². The minimum Gasteiger partial charge on any atom is -0.271 e. The maximum Gasteiger partial charge on any atom is 0.416 e. The van der Waals surface area contributed by atoms with Crippen LogP contribution in [0.5, 0.6) is 0 Å². The predicted molar refractivity (Wildman–Crippen MR) is 67.0 cm³/mol. The Morgan fingerprint density at radius 2 is 1.43 bits per heavy atom. The van der Waals surface area contributed by atoms with Crippen LogP contribution >= 0.6 is 0 Å². The monoisotopic (exact) mass is 302 g/mol. The highest BCUT2D eigenvalue weighted by atomic mass is 19.4. The summed E-state index contributed by atoms with van der Waals surface area (Å²) in [5, 5.41) is 0. The number of halogens is 5. The van der Waals surface area contributed by atoms with E-state index in [4.69, 9.17) is 5.84 Å². The van der Waals surface area contributed by atoms with Crippen LogP contribution < -0.4 is 11.3 Å². The first-order chi connectivity index (χ1) is 9.84. The number of rotatable bonds is 3. The zero-order valence-electron chi connectivity index (χ0n) is 10.6. The first kappa shape index (κ1) is 15.4. The molecular formula is C14H11F5N2. The van der Waals surface area contributed by atoms with E-state index in [0.717, 1.165) is 36.4 Å². The highest BCUT2D eigenvalue weighted by molar-refractivity contribution is 5.35. The minimum atomic E-state index is -4.48. The van der Waals surface area contributed by atoms with Gasteiger partial charge in [0.05, 0.1) is 11.6 Å². The molecule has 1 atom stereocenters. The number of hydrogen-bond donors (Lipinski definition) is 2. The second-order valence-corrected chi connectivity index (χ2v) is 4.35. The van der Waals surface area contributed by atoms with Crippen LogP contribution in [0.3, 0.4) is 0 Å².